The van der Waals surface area contributed by atoms with Gasteiger partial charge in [-0.2, -0.15) is 0 Å². The minimum absolute atomic E-state index is 0.237. The molecule has 2 aromatic rings. The first kappa shape index (κ1) is 13.4. The van der Waals surface area contributed by atoms with E-state index in [0.717, 1.165) is 5.56 Å². The second-order valence-corrected chi connectivity index (χ2v) is 4.17. The van der Waals surface area contributed by atoms with Crippen molar-refractivity contribution in [1.82, 2.24) is 5.32 Å². The van der Waals surface area contributed by atoms with Crippen molar-refractivity contribution in [2.75, 3.05) is 7.11 Å². The number of halogens is 1. The first-order valence-corrected chi connectivity index (χ1v) is 6.01. The van der Waals surface area contributed by atoms with Crippen molar-refractivity contribution in [3.8, 4) is 11.5 Å². The van der Waals surface area contributed by atoms with Crippen molar-refractivity contribution < 1.29 is 14.2 Å². The average molecular weight is 261 g/mol. The summed E-state index contributed by atoms with van der Waals surface area (Å²) in [6, 6.07) is 12.1. The molecule has 0 aliphatic rings. The van der Waals surface area contributed by atoms with E-state index in [1.54, 1.807) is 30.3 Å². The molecule has 2 aromatic carbocycles. The van der Waals surface area contributed by atoms with Crippen molar-refractivity contribution in [3.63, 3.8) is 0 Å². The van der Waals surface area contributed by atoms with Crippen LogP contribution in [0.1, 0.15) is 11.1 Å². The van der Waals surface area contributed by atoms with Crippen molar-refractivity contribution in [3.05, 3.63) is 59.4 Å². The molecule has 0 amide bonds. The van der Waals surface area contributed by atoms with Gasteiger partial charge in [0.25, 0.3) is 0 Å². The highest BCUT2D eigenvalue weighted by atomic mass is 19.1. The molecule has 2 rings (SSSR count). The van der Waals surface area contributed by atoms with Crippen LogP contribution in [0.3, 0.4) is 0 Å². The zero-order valence-electron chi connectivity index (χ0n) is 10.7. The van der Waals surface area contributed by atoms with E-state index in [2.05, 4.69) is 5.32 Å². The zero-order valence-corrected chi connectivity index (χ0v) is 10.7. The van der Waals surface area contributed by atoms with Crippen LogP contribution in [0, 0.1) is 5.82 Å². The van der Waals surface area contributed by atoms with Crippen molar-refractivity contribution in [2.24, 2.45) is 0 Å². The van der Waals surface area contributed by atoms with Crippen LogP contribution >= 0.6 is 0 Å². The van der Waals surface area contributed by atoms with Gasteiger partial charge in [-0.05, 0) is 12.1 Å². The second kappa shape index (κ2) is 6.20. The largest absolute Gasteiger partial charge is 0.508 e. The lowest BCUT2D eigenvalue weighted by molar-refractivity contribution is 0.383. The van der Waals surface area contributed by atoms with E-state index >= 15 is 0 Å². The van der Waals surface area contributed by atoms with E-state index in [1.807, 2.05) is 12.1 Å². The van der Waals surface area contributed by atoms with Crippen LogP contribution < -0.4 is 10.1 Å². The summed E-state index contributed by atoms with van der Waals surface area (Å²) in [4.78, 5) is 0. The van der Waals surface area contributed by atoms with Crippen molar-refractivity contribution >= 4 is 0 Å². The summed E-state index contributed by atoms with van der Waals surface area (Å²) in [5.41, 5.74) is 1.32. The molecule has 100 valence electrons. The molecule has 0 spiro atoms. The Morgan fingerprint density at radius 1 is 1.05 bits per heavy atom. The highest BCUT2D eigenvalue weighted by Gasteiger charge is 2.08. The summed E-state index contributed by atoms with van der Waals surface area (Å²) >= 11 is 0. The number of hydrogen-bond acceptors (Lipinski definition) is 3. The van der Waals surface area contributed by atoms with Crippen molar-refractivity contribution in [1.29, 1.82) is 0 Å². The standard InChI is InChI=1S/C15H16FNO2/c1-19-14-8-4-6-12(15(14)16)10-17-9-11-5-2-3-7-13(11)18/h2-8,17-18H,9-10H2,1H3. The minimum atomic E-state index is -0.352. The summed E-state index contributed by atoms with van der Waals surface area (Å²) < 4.78 is 18.8. The fourth-order valence-electron chi connectivity index (χ4n) is 1.84. The number of phenols is 1. The number of ether oxygens (including phenoxy) is 1. The SMILES string of the molecule is COc1cccc(CNCc2ccccc2O)c1F. The molecule has 3 nitrogen and oxygen atoms in total. The molecule has 0 radical (unpaired) electrons. The Bertz CT molecular complexity index is 558. The quantitative estimate of drug-likeness (QED) is 0.869. The van der Waals surface area contributed by atoms with E-state index in [9.17, 15) is 9.50 Å². The molecule has 4 heteroatoms. The molecule has 0 aliphatic heterocycles. The molecule has 0 saturated heterocycles. The second-order valence-electron chi connectivity index (χ2n) is 4.17. The fourth-order valence-corrected chi connectivity index (χ4v) is 1.84. The van der Waals surface area contributed by atoms with Crippen LogP contribution in [0.4, 0.5) is 4.39 Å². The maximum Gasteiger partial charge on any atom is 0.169 e. The lowest BCUT2D eigenvalue weighted by Crippen LogP contribution is -2.14. The Morgan fingerprint density at radius 3 is 2.47 bits per heavy atom. The van der Waals surface area contributed by atoms with E-state index in [1.165, 1.54) is 7.11 Å². The van der Waals surface area contributed by atoms with Crippen LogP contribution in [-0.4, -0.2) is 12.2 Å². The van der Waals surface area contributed by atoms with Gasteiger partial charge in [0.15, 0.2) is 11.6 Å². The maximum absolute atomic E-state index is 13.9. The number of hydrogen-bond donors (Lipinski definition) is 2. The highest BCUT2D eigenvalue weighted by Crippen LogP contribution is 2.20. The van der Waals surface area contributed by atoms with Gasteiger partial charge in [0.1, 0.15) is 5.75 Å². The van der Waals surface area contributed by atoms with Gasteiger partial charge in [0.2, 0.25) is 0 Å². The Hall–Kier alpha value is -2.07. The van der Waals surface area contributed by atoms with Crippen LogP contribution in [0.2, 0.25) is 0 Å². The topological polar surface area (TPSA) is 41.5 Å². The number of nitrogens with one attached hydrogen (secondary N) is 1. The Kier molecular flexibility index (Phi) is 4.36. The van der Waals surface area contributed by atoms with Crippen LogP contribution in [0.25, 0.3) is 0 Å². The van der Waals surface area contributed by atoms with Crippen molar-refractivity contribution in [2.45, 2.75) is 13.1 Å². The number of aromatic hydroxyl groups is 1. The molecule has 19 heavy (non-hydrogen) atoms. The summed E-state index contributed by atoms with van der Waals surface area (Å²) in [5, 5.41) is 12.7. The molecule has 0 unspecified atom stereocenters. The molecule has 2 N–H and O–H groups in total. The van der Waals surface area contributed by atoms with E-state index in [0.29, 0.717) is 18.7 Å². The number of rotatable bonds is 5. The summed E-state index contributed by atoms with van der Waals surface area (Å²) in [6.07, 6.45) is 0. The fraction of sp³-hybridized carbons (Fsp3) is 0.200. The molecule has 0 fully saturated rings. The van der Waals surface area contributed by atoms with E-state index < -0.39 is 0 Å². The Morgan fingerprint density at radius 2 is 1.74 bits per heavy atom. The molecular formula is C15H16FNO2. The van der Waals surface area contributed by atoms with Gasteiger partial charge in [-0.1, -0.05) is 30.3 Å². The number of benzene rings is 2. The first-order chi connectivity index (χ1) is 9.22. The molecule has 0 aromatic heterocycles. The van der Waals surface area contributed by atoms with Gasteiger partial charge in [0, 0.05) is 24.2 Å². The third-order valence-electron chi connectivity index (χ3n) is 2.89. The first-order valence-electron chi connectivity index (χ1n) is 6.01. The smallest absolute Gasteiger partial charge is 0.169 e. The molecule has 0 heterocycles. The van der Waals surface area contributed by atoms with Gasteiger partial charge in [-0.3, -0.25) is 0 Å². The minimum Gasteiger partial charge on any atom is -0.508 e. The lowest BCUT2D eigenvalue weighted by atomic mass is 10.1. The molecule has 0 saturated carbocycles. The van der Waals surface area contributed by atoms with Gasteiger partial charge >= 0.3 is 0 Å². The zero-order chi connectivity index (χ0) is 13.7. The average Bonchev–Trinajstić information content (AvgIpc) is 2.43. The summed E-state index contributed by atoms with van der Waals surface area (Å²) in [7, 11) is 1.44. The number of phenolic OH excluding ortho intramolecular Hbond substituents is 1. The molecule has 0 atom stereocenters. The summed E-state index contributed by atoms with van der Waals surface area (Å²) in [6.45, 7) is 0.848. The van der Waals surface area contributed by atoms with Crippen LogP contribution in [0.15, 0.2) is 42.5 Å². The molecule has 0 aliphatic carbocycles. The third kappa shape index (κ3) is 3.23. The Balaban J connectivity index is 1.98. The normalized spacial score (nSPS) is 10.4. The molecular weight excluding hydrogens is 245 g/mol. The van der Waals surface area contributed by atoms with E-state index in [-0.39, 0.29) is 17.3 Å². The van der Waals surface area contributed by atoms with Gasteiger partial charge in [-0.25, -0.2) is 4.39 Å². The predicted octanol–water partition coefficient (Wildman–Crippen LogP) is 2.83. The third-order valence-corrected chi connectivity index (χ3v) is 2.89. The van der Waals surface area contributed by atoms with Crippen LogP contribution in [-0.2, 0) is 13.1 Å². The predicted molar refractivity (Wildman–Crippen MR) is 71.6 cm³/mol. The van der Waals surface area contributed by atoms with Gasteiger partial charge < -0.3 is 15.2 Å². The van der Waals surface area contributed by atoms with Gasteiger partial charge in [-0.15, -0.1) is 0 Å². The number of methoxy groups -OCH3 is 1. The molecule has 0 bridgehead atoms. The summed E-state index contributed by atoms with van der Waals surface area (Å²) in [5.74, 6) is 0.123. The van der Waals surface area contributed by atoms with Crippen LogP contribution in [0.5, 0.6) is 11.5 Å². The highest BCUT2D eigenvalue weighted by molar-refractivity contribution is 5.32. The van der Waals surface area contributed by atoms with E-state index in [4.69, 9.17) is 4.74 Å². The van der Waals surface area contributed by atoms with Gasteiger partial charge in [0.05, 0.1) is 7.11 Å². The lowest BCUT2D eigenvalue weighted by Gasteiger charge is -2.09. The maximum atomic E-state index is 13.9. The number of para-hydroxylation sites is 1. The monoisotopic (exact) mass is 261 g/mol. The Labute approximate surface area is 111 Å².